The fourth-order valence-corrected chi connectivity index (χ4v) is 3.80. The topological polar surface area (TPSA) is 29.5 Å². The molecule has 0 fully saturated rings. The molecule has 132 valence electrons. The van der Waals surface area contributed by atoms with Crippen LogP contribution in [0.4, 0.5) is 0 Å². The van der Waals surface area contributed by atoms with Gasteiger partial charge in [-0.25, -0.2) is 0 Å². The van der Waals surface area contributed by atoms with E-state index in [9.17, 15) is 5.11 Å². The second kappa shape index (κ2) is 6.21. The van der Waals surface area contributed by atoms with Gasteiger partial charge in [-0.2, -0.15) is 0 Å². The molecule has 0 amide bonds. The van der Waals surface area contributed by atoms with E-state index < -0.39 is 5.60 Å². The molecular weight excluding hydrogens is 322 g/mol. The highest BCUT2D eigenvalue weighted by Gasteiger charge is 2.34. The van der Waals surface area contributed by atoms with E-state index in [1.54, 1.807) is 0 Å². The Morgan fingerprint density at radius 2 is 1.62 bits per heavy atom. The summed E-state index contributed by atoms with van der Waals surface area (Å²) in [6.07, 6.45) is 1.81. The van der Waals surface area contributed by atoms with Gasteiger partial charge in [-0.1, -0.05) is 54.1 Å². The molecule has 1 aliphatic rings. The Balaban J connectivity index is 1.73. The van der Waals surface area contributed by atoms with Gasteiger partial charge in [0.15, 0.2) is 0 Å². The van der Waals surface area contributed by atoms with Crippen LogP contribution in [0, 0.1) is 6.92 Å². The Morgan fingerprint density at radius 3 is 2.38 bits per heavy atom. The maximum absolute atomic E-state index is 10.8. The maximum atomic E-state index is 10.8. The Morgan fingerprint density at radius 1 is 0.885 bits per heavy atom. The Labute approximate surface area is 155 Å². The number of fused-ring (bicyclic) bond motifs is 3. The van der Waals surface area contributed by atoms with Crippen molar-refractivity contribution < 1.29 is 9.84 Å². The number of benzene rings is 3. The van der Waals surface area contributed by atoms with Crippen molar-refractivity contribution in [1.82, 2.24) is 0 Å². The lowest BCUT2D eigenvalue weighted by Crippen LogP contribution is -2.29. The Bertz CT molecular complexity index is 955. The first-order valence-electron chi connectivity index (χ1n) is 9.14. The van der Waals surface area contributed by atoms with Gasteiger partial charge in [0.05, 0.1) is 5.56 Å². The average molecular weight is 346 g/mol. The van der Waals surface area contributed by atoms with Crippen LogP contribution in [-0.4, -0.2) is 5.11 Å². The lowest BCUT2D eigenvalue weighted by molar-refractivity contribution is 0.105. The van der Waals surface area contributed by atoms with Gasteiger partial charge >= 0.3 is 0 Å². The molecule has 3 aromatic rings. The van der Waals surface area contributed by atoms with E-state index in [4.69, 9.17) is 4.74 Å². The maximum Gasteiger partial charge on any atom is 0.132 e. The summed E-state index contributed by atoms with van der Waals surface area (Å²) in [5.74, 6) is 1.07. The number of hydrogen-bond acceptors (Lipinski definition) is 2. The second-order valence-electron chi connectivity index (χ2n) is 7.64. The lowest BCUT2D eigenvalue weighted by atomic mass is 9.88. The van der Waals surface area contributed by atoms with E-state index in [2.05, 4.69) is 69.3 Å². The van der Waals surface area contributed by atoms with Gasteiger partial charge < -0.3 is 9.84 Å². The molecule has 0 spiro atoms. The van der Waals surface area contributed by atoms with Crippen LogP contribution in [0.3, 0.4) is 0 Å². The highest BCUT2D eigenvalue weighted by molar-refractivity contribution is 5.82. The quantitative estimate of drug-likeness (QED) is 0.609. The summed E-state index contributed by atoms with van der Waals surface area (Å²) in [6, 6.07) is 20.7. The van der Waals surface area contributed by atoms with Gasteiger partial charge in [-0.3, -0.25) is 0 Å². The predicted molar refractivity (Wildman–Crippen MR) is 106 cm³/mol. The van der Waals surface area contributed by atoms with Crippen molar-refractivity contribution >= 4 is 0 Å². The molecule has 0 atom stereocenters. The summed E-state index contributed by atoms with van der Waals surface area (Å²) < 4.78 is 6.30. The molecule has 0 radical (unpaired) electrons. The molecule has 4 rings (SSSR count). The molecule has 2 nitrogen and oxygen atoms in total. The van der Waals surface area contributed by atoms with Gasteiger partial charge in [0.1, 0.15) is 17.1 Å². The van der Waals surface area contributed by atoms with E-state index in [0.717, 1.165) is 40.8 Å². The van der Waals surface area contributed by atoms with Crippen molar-refractivity contribution in [2.75, 3.05) is 0 Å². The third kappa shape index (κ3) is 2.96. The predicted octanol–water partition coefficient (Wildman–Crippen LogP) is 5.78. The molecule has 0 unspecified atom stereocenters. The summed E-state index contributed by atoms with van der Waals surface area (Å²) in [5.41, 5.74) is 6.15. The number of hydrogen-bond donors (Lipinski definition) is 1. The van der Waals surface area contributed by atoms with E-state index in [1.165, 1.54) is 11.1 Å². The van der Waals surface area contributed by atoms with Crippen molar-refractivity contribution in [3.05, 3.63) is 82.9 Å². The van der Waals surface area contributed by atoms with Crippen molar-refractivity contribution in [3.8, 4) is 22.6 Å². The van der Waals surface area contributed by atoms with Crippen LogP contribution in [0.1, 0.15) is 36.1 Å². The van der Waals surface area contributed by atoms with E-state index in [0.29, 0.717) is 5.75 Å². The molecule has 1 N–H and O–H groups in total. The molecule has 0 aliphatic carbocycles. The van der Waals surface area contributed by atoms with Crippen molar-refractivity contribution in [2.45, 2.75) is 39.2 Å². The van der Waals surface area contributed by atoms with Gasteiger partial charge in [0, 0.05) is 5.56 Å². The summed E-state index contributed by atoms with van der Waals surface area (Å²) in [7, 11) is 0. The number of aryl methyl sites for hydroxylation is 3. The molecule has 0 saturated carbocycles. The highest BCUT2D eigenvalue weighted by atomic mass is 16.5. The normalized spacial score (nSPS) is 14.3. The third-order valence-electron chi connectivity index (χ3n) is 5.14. The molecule has 26 heavy (non-hydrogen) atoms. The first-order valence-corrected chi connectivity index (χ1v) is 9.14. The largest absolute Gasteiger partial charge is 0.507 e. The van der Waals surface area contributed by atoms with Crippen LogP contribution >= 0.6 is 0 Å². The third-order valence-corrected chi connectivity index (χ3v) is 5.14. The fraction of sp³-hybridized carbons (Fsp3) is 0.250. The van der Waals surface area contributed by atoms with E-state index in [-0.39, 0.29) is 0 Å². The van der Waals surface area contributed by atoms with Gasteiger partial charge in [-0.15, -0.1) is 0 Å². The fourth-order valence-electron chi connectivity index (χ4n) is 3.80. The minimum atomic E-state index is -0.416. The number of ether oxygens (including phenoxy) is 1. The van der Waals surface area contributed by atoms with Crippen molar-refractivity contribution in [3.63, 3.8) is 0 Å². The number of rotatable bonds is 3. The first kappa shape index (κ1) is 16.7. The molecule has 0 aromatic heterocycles. The van der Waals surface area contributed by atoms with Gasteiger partial charge in [-0.05, 0) is 62.4 Å². The number of phenols is 1. The van der Waals surface area contributed by atoms with E-state index >= 15 is 0 Å². The standard InChI is InChI=1S/C24H24O2/c1-16-9-12-20-19(13-16)23-21(25)14-18(15-22(23)26-24(20,2)3)11-10-17-7-5-4-6-8-17/h4-9,12-15,25H,10-11H2,1-3H3/i2+1,3+1. The van der Waals surface area contributed by atoms with Gasteiger partial charge in [0.25, 0.3) is 0 Å². The summed E-state index contributed by atoms with van der Waals surface area (Å²) in [5, 5.41) is 10.8. The van der Waals surface area contributed by atoms with Crippen molar-refractivity contribution in [2.24, 2.45) is 0 Å². The summed E-state index contributed by atoms with van der Waals surface area (Å²) in [4.78, 5) is 0. The second-order valence-corrected chi connectivity index (χ2v) is 7.64. The van der Waals surface area contributed by atoms with Crippen LogP contribution in [0.15, 0.2) is 60.7 Å². The van der Waals surface area contributed by atoms with Crippen LogP contribution in [0.25, 0.3) is 11.1 Å². The monoisotopic (exact) mass is 346 g/mol. The average Bonchev–Trinajstić information content (AvgIpc) is 2.59. The zero-order valence-electron chi connectivity index (χ0n) is 15.5. The van der Waals surface area contributed by atoms with Crippen molar-refractivity contribution in [1.29, 1.82) is 0 Å². The van der Waals surface area contributed by atoms with E-state index in [1.807, 2.05) is 12.1 Å². The molecule has 0 bridgehead atoms. The zero-order chi connectivity index (χ0) is 18.3. The molecule has 1 heterocycles. The van der Waals surface area contributed by atoms with Crippen LogP contribution in [0.5, 0.6) is 11.5 Å². The number of aromatic hydroxyl groups is 1. The van der Waals surface area contributed by atoms with Gasteiger partial charge in [0.2, 0.25) is 0 Å². The molecule has 0 saturated heterocycles. The number of phenolic OH excluding ortho intramolecular Hbond substituents is 1. The summed E-state index contributed by atoms with van der Waals surface area (Å²) >= 11 is 0. The highest BCUT2D eigenvalue weighted by Crippen LogP contribution is 2.49. The Kier molecular flexibility index (Phi) is 3.99. The van der Waals surface area contributed by atoms with Crippen LogP contribution < -0.4 is 4.74 Å². The first-order chi connectivity index (χ1) is 12.4. The van der Waals surface area contributed by atoms with Crippen LogP contribution in [0.2, 0.25) is 0 Å². The molecule has 2 heteroatoms. The minimum Gasteiger partial charge on any atom is -0.507 e. The Hall–Kier alpha value is -2.74. The SMILES string of the molecule is Cc1ccc2c(c1)-c1c(O)cc(CCc3ccccc3)cc1OC2([13CH3])[13CH3]. The summed E-state index contributed by atoms with van der Waals surface area (Å²) in [6.45, 7) is 6.24. The molecule has 3 aromatic carbocycles. The molecule has 1 aliphatic heterocycles. The lowest BCUT2D eigenvalue weighted by Gasteiger charge is -2.35. The smallest absolute Gasteiger partial charge is 0.132 e. The minimum absolute atomic E-state index is 0.299. The van der Waals surface area contributed by atoms with Crippen LogP contribution in [-0.2, 0) is 18.4 Å². The zero-order valence-corrected chi connectivity index (χ0v) is 15.5. The molecular formula is C24H24O2.